The van der Waals surface area contributed by atoms with E-state index < -0.39 is 48.2 Å². The van der Waals surface area contributed by atoms with Gasteiger partial charge in [0.05, 0.1) is 12.1 Å². The highest BCUT2D eigenvalue weighted by molar-refractivity contribution is 6.35. The molecule has 3 rings (SSSR count). The SMILES string of the molecule is C=C(N[C@@H](C[C@@H]1CCNC1=O)C(=O)COC(C)(F)F)[C@@H]1Cc2ccccc2CN1C(=O)C(C)=O. The van der Waals surface area contributed by atoms with Crippen LogP contribution < -0.4 is 10.6 Å². The van der Waals surface area contributed by atoms with E-state index in [0.717, 1.165) is 11.1 Å². The summed E-state index contributed by atoms with van der Waals surface area (Å²) in [7, 11) is 0. The van der Waals surface area contributed by atoms with Crippen LogP contribution in [0.2, 0.25) is 0 Å². The molecule has 1 fully saturated rings. The number of Topliss-reactive ketones (excluding diaryl/α,β-unsaturated/α-hetero) is 2. The summed E-state index contributed by atoms with van der Waals surface area (Å²) in [5, 5.41) is 5.66. The lowest BCUT2D eigenvalue weighted by molar-refractivity contribution is -0.223. The van der Waals surface area contributed by atoms with Gasteiger partial charge in [0.15, 0.2) is 5.78 Å². The molecular weight excluding hydrogens is 448 g/mol. The Morgan fingerprint density at radius 3 is 2.56 bits per heavy atom. The Bertz CT molecular complexity index is 991. The van der Waals surface area contributed by atoms with Crippen molar-refractivity contribution in [2.24, 2.45) is 5.92 Å². The maximum Gasteiger partial charge on any atom is 0.353 e. The molecule has 0 unspecified atom stereocenters. The summed E-state index contributed by atoms with van der Waals surface area (Å²) >= 11 is 0. The van der Waals surface area contributed by atoms with E-state index in [1.807, 2.05) is 24.3 Å². The summed E-state index contributed by atoms with van der Waals surface area (Å²) in [6.07, 6.45) is -2.56. The smallest absolute Gasteiger partial charge is 0.353 e. The van der Waals surface area contributed by atoms with Crippen molar-refractivity contribution in [2.45, 2.75) is 57.8 Å². The lowest BCUT2D eigenvalue weighted by Crippen LogP contribution is -2.52. The number of hydrogen-bond acceptors (Lipinski definition) is 6. The maximum atomic E-state index is 13.2. The van der Waals surface area contributed by atoms with Crippen LogP contribution >= 0.6 is 0 Å². The van der Waals surface area contributed by atoms with Crippen molar-refractivity contribution in [3.05, 3.63) is 47.7 Å². The fourth-order valence-corrected chi connectivity index (χ4v) is 4.29. The zero-order valence-electron chi connectivity index (χ0n) is 19.2. The van der Waals surface area contributed by atoms with Gasteiger partial charge in [-0.2, -0.15) is 8.78 Å². The molecular formula is C24H29F2N3O5. The van der Waals surface area contributed by atoms with E-state index in [0.29, 0.717) is 26.3 Å². The largest absolute Gasteiger partial charge is 0.377 e. The Kier molecular flexibility index (Phi) is 7.81. The van der Waals surface area contributed by atoms with Gasteiger partial charge >= 0.3 is 6.11 Å². The summed E-state index contributed by atoms with van der Waals surface area (Å²) in [6.45, 7) is 5.53. The molecule has 2 amide bonds. The van der Waals surface area contributed by atoms with Crippen LogP contribution in [0.5, 0.6) is 0 Å². The molecule has 34 heavy (non-hydrogen) atoms. The van der Waals surface area contributed by atoms with Crippen molar-refractivity contribution in [1.82, 2.24) is 15.5 Å². The van der Waals surface area contributed by atoms with E-state index in [2.05, 4.69) is 21.9 Å². The van der Waals surface area contributed by atoms with Crippen LogP contribution in [0.15, 0.2) is 36.5 Å². The molecule has 10 heteroatoms. The number of benzene rings is 1. The van der Waals surface area contributed by atoms with Crippen molar-refractivity contribution in [2.75, 3.05) is 13.2 Å². The van der Waals surface area contributed by atoms with Gasteiger partial charge in [-0.3, -0.25) is 19.2 Å². The van der Waals surface area contributed by atoms with Gasteiger partial charge in [-0.25, -0.2) is 0 Å². The van der Waals surface area contributed by atoms with E-state index >= 15 is 0 Å². The van der Waals surface area contributed by atoms with Gasteiger partial charge < -0.3 is 20.3 Å². The maximum absolute atomic E-state index is 13.2. The van der Waals surface area contributed by atoms with Crippen molar-refractivity contribution >= 4 is 23.4 Å². The van der Waals surface area contributed by atoms with Crippen molar-refractivity contribution in [3.63, 3.8) is 0 Å². The van der Waals surface area contributed by atoms with E-state index in [1.165, 1.54) is 11.8 Å². The number of nitrogens with zero attached hydrogens (tertiary/aromatic N) is 1. The first kappa shape index (κ1) is 25.5. The van der Waals surface area contributed by atoms with Gasteiger partial charge in [0.25, 0.3) is 5.91 Å². The number of carbonyl (C=O) groups is 4. The molecule has 184 valence electrons. The highest BCUT2D eigenvalue weighted by Gasteiger charge is 2.36. The van der Waals surface area contributed by atoms with Gasteiger partial charge in [-0.1, -0.05) is 30.8 Å². The normalized spacial score (nSPS) is 20.8. The third-order valence-electron chi connectivity index (χ3n) is 6.11. The van der Waals surface area contributed by atoms with Crippen LogP contribution in [0, 0.1) is 5.92 Å². The standard InChI is InChI=1S/C24H29F2N3O5/c1-14(20-11-16-6-4-5-7-18(16)12-29(20)23(33)15(2)30)28-19(10-17-8-9-27-22(17)32)21(31)13-34-24(3,25)26/h4-7,17,19-20,28H,1,8-13H2,2-3H3,(H,27,32)/t17-,19-,20-/m0/s1. The zero-order valence-corrected chi connectivity index (χ0v) is 19.2. The zero-order chi connectivity index (χ0) is 25.0. The van der Waals surface area contributed by atoms with E-state index in [9.17, 15) is 28.0 Å². The van der Waals surface area contributed by atoms with Gasteiger partial charge in [0.2, 0.25) is 11.7 Å². The predicted molar refractivity (Wildman–Crippen MR) is 119 cm³/mol. The number of ether oxygens (including phenoxy) is 1. The molecule has 1 saturated heterocycles. The van der Waals surface area contributed by atoms with Gasteiger partial charge in [-0.05, 0) is 30.4 Å². The quantitative estimate of drug-likeness (QED) is 0.498. The molecule has 2 N–H and O–H groups in total. The number of rotatable bonds is 10. The van der Waals surface area contributed by atoms with Crippen LogP contribution in [0.4, 0.5) is 8.78 Å². The van der Waals surface area contributed by atoms with Gasteiger partial charge in [-0.15, -0.1) is 0 Å². The van der Waals surface area contributed by atoms with Crippen molar-refractivity contribution < 1.29 is 32.7 Å². The summed E-state index contributed by atoms with van der Waals surface area (Å²) in [6, 6.07) is 5.81. The molecule has 0 bridgehead atoms. The molecule has 0 saturated carbocycles. The van der Waals surface area contributed by atoms with Crippen LogP contribution in [-0.4, -0.2) is 59.6 Å². The van der Waals surface area contributed by atoms with Crippen LogP contribution in [-0.2, 0) is 36.9 Å². The summed E-state index contributed by atoms with van der Waals surface area (Å²) < 4.78 is 30.7. The molecule has 0 aromatic heterocycles. The minimum absolute atomic E-state index is 0.0618. The van der Waals surface area contributed by atoms with Gasteiger partial charge in [0.1, 0.15) is 6.61 Å². The molecule has 3 atom stereocenters. The average molecular weight is 478 g/mol. The molecule has 1 aromatic carbocycles. The van der Waals surface area contributed by atoms with E-state index in [1.54, 1.807) is 0 Å². The first-order chi connectivity index (χ1) is 16.0. The number of halogens is 2. The highest BCUT2D eigenvalue weighted by Crippen LogP contribution is 2.27. The first-order valence-electron chi connectivity index (χ1n) is 11.1. The molecule has 2 aliphatic rings. The number of nitrogens with one attached hydrogen (secondary N) is 2. The number of fused-ring (bicyclic) bond motifs is 1. The predicted octanol–water partition coefficient (Wildman–Crippen LogP) is 1.73. The van der Waals surface area contributed by atoms with E-state index in [-0.39, 0.29) is 24.6 Å². The molecule has 2 aliphatic heterocycles. The Morgan fingerprint density at radius 1 is 1.29 bits per heavy atom. The fourth-order valence-electron chi connectivity index (χ4n) is 4.29. The Hall–Kier alpha value is -3.14. The average Bonchev–Trinajstić information content (AvgIpc) is 3.19. The number of carbonyl (C=O) groups excluding carboxylic acids is 4. The Morgan fingerprint density at radius 2 is 1.97 bits per heavy atom. The lowest BCUT2D eigenvalue weighted by Gasteiger charge is -2.38. The molecule has 0 radical (unpaired) electrons. The van der Waals surface area contributed by atoms with Crippen LogP contribution in [0.25, 0.3) is 0 Å². The number of ketones is 2. The van der Waals surface area contributed by atoms with Crippen LogP contribution in [0.1, 0.15) is 37.8 Å². The van der Waals surface area contributed by atoms with Crippen molar-refractivity contribution in [3.8, 4) is 0 Å². The first-order valence-corrected chi connectivity index (χ1v) is 11.1. The third-order valence-corrected chi connectivity index (χ3v) is 6.11. The number of amides is 2. The second-order valence-corrected chi connectivity index (χ2v) is 8.78. The van der Waals surface area contributed by atoms with Crippen molar-refractivity contribution in [1.29, 1.82) is 0 Å². The summed E-state index contributed by atoms with van der Waals surface area (Å²) in [5.41, 5.74) is 2.15. The van der Waals surface area contributed by atoms with Crippen LogP contribution in [0.3, 0.4) is 0 Å². The second-order valence-electron chi connectivity index (χ2n) is 8.78. The molecule has 2 heterocycles. The summed E-state index contributed by atoms with van der Waals surface area (Å²) in [5.74, 6) is -2.67. The molecule has 8 nitrogen and oxygen atoms in total. The van der Waals surface area contributed by atoms with Gasteiger partial charge in [0, 0.05) is 38.6 Å². The number of alkyl halides is 2. The lowest BCUT2D eigenvalue weighted by atomic mass is 9.91. The monoisotopic (exact) mass is 477 g/mol. The minimum atomic E-state index is -3.49. The third kappa shape index (κ3) is 6.25. The van der Waals surface area contributed by atoms with E-state index in [4.69, 9.17) is 0 Å². The summed E-state index contributed by atoms with van der Waals surface area (Å²) in [4.78, 5) is 50.8. The Labute approximate surface area is 196 Å². The fraction of sp³-hybridized carbons (Fsp3) is 0.500. The Balaban J connectivity index is 1.82. The molecule has 1 aromatic rings. The molecule has 0 spiro atoms. The topological polar surface area (TPSA) is 105 Å². The second kappa shape index (κ2) is 10.4. The molecule has 0 aliphatic carbocycles. The number of hydrogen-bond donors (Lipinski definition) is 2. The minimum Gasteiger partial charge on any atom is -0.377 e. The highest BCUT2D eigenvalue weighted by atomic mass is 19.3.